The summed E-state index contributed by atoms with van der Waals surface area (Å²) in [5.41, 5.74) is 0.695. The van der Waals surface area contributed by atoms with Gasteiger partial charge in [-0.3, -0.25) is 0 Å². The number of halogens is 1. The van der Waals surface area contributed by atoms with Crippen molar-refractivity contribution in [2.24, 2.45) is 5.41 Å². The molecule has 19 heavy (non-hydrogen) atoms. The summed E-state index contributed by atoms with van der Waals surface area (Å²) in [6.45, 7) is 4.43. The smallest absolute Gasteiger partial charge is 0.161 e. The molecule has 0 atom stereocenters. The van der Waals surface area contributed by atoms with E-state index in [0.29, 0.717) is 24.0 Å². The lowest BCUT2D eigenvalue weighted by Crippen LogP contribution is -2.10. The van der Waals surface area contributed by atoms with Crippen molar-refractivity contribution in [1.29, 1.82) is 5.26 Å². The molecule has 0 saturated heterocycles. The molecule has 0 aliphatic heterocycles. The average molecular weight is 282 g/mol. The Balaban J connectivity index is 2.55. The Kier molecular flexibility index (Phi) is 5.98. The minimum atomic E-state index is -0.300. The Labute approximate surface area is 120 Å². The number of hydrogen-bond donors (Lipinski definition) is 0. The Hall–Kier alpha value is -1.40. The molecule has 0 radical (unpaired) electrons. The van der Waals surface area contributed by atoms with Crippen LogP contribution < -0.4 is 9.47 Å². The SMILES string of the molecule is COc1ccc(CCl)cc1OCCCC(C)(C)C#N. The molecule has 0 heterocycles. The van der Waals surface area contributed by atoms with Gasteiger partial charge in [0.15, 0.2) is 11.5 Å². The first-order valence-corrected chi connectivity index (χ1v) is 6.83. The molecule has 1 aromatic carbocycles. The summed E-state index contributed by atoms with van der Waals surface area (Å²) in [7, 11) is 1.61. The van der Waals surface area contributed by atoms with Crippen molar-refractivity contribution in [3.8, 4) is 17.6 Å². The van der Waals surface area contributed by atoms with E-state index in [2.05, 4.69) is 6.07 Å². The molecule has 4 heteroatoms. The van der Waals surface area contributed by atoms with Gasteiger partial charge in [-0.05, 0) is 44.4 Å². The highest BCUT2D eigenvalue weighted by Crippen LogP contribution is 2.29. The summed E-state index contributed by atoms with van der Waals surface area (Å²) in [4.78, 5) is 0. The van der Waals surface area contributed by atoms with E-state index >= 15 is 0 Å². The summed E-state index contributed by atoms with van der Waals surface area (Å²) in [6, 6.07) is 7.94. The van der Waals surface area contributed by atoms with Crippen LogP contribution in [0.4, 0.5) is 0 Å². The maximum atomic E-state index is 8.94. The van der Waals surface area contributed by atoms with Gasteiger partial charge in [0.2, 0.25) is 0 Å². The van der Waals surface area contributed by atoms with Gasteiger partial charge in [0.25, 0.3) is 0 Å². The molecular weight excluding hydrogens is 262 g/mol. The summed E-state index contributed by atoms with van der Waals surface area (Å²) < 4.78 is 11.0. The largest absolute Gasteiger partial charge is 0.493 e. The lowest BCUT2D eigenvalue weighted by atomic mass is 9.90. The first-order valence-electron chi connectivity index (χ1n) is 6.29. The number of ether oxygens (including phenoxy) is 2. The fourth-order valence-electron chi connectivity index (χ4n) is 1.67. The minimum absolute atomic E-state index is 0.300. The maximum Gasteiger partial charge on any atom is 0.161 e. The van der Waals surface area contributed by atoms with Crippen LogP contribution in [-0.2, 0) is 5.88 Å². The number of rotatable bonds is 7. The number of nitrogens with zero attached hydrogens (tertiary/aromatic N) is 1. The van der Waals surface area contributed by atoms with Gasteiger partial charge < -0.3 is 9.47 Å². The van der Waals surface area contributed by atoms with Crippen LogP contribution in [0.3, 0.4) is 0 Å². The van der Waals surface area contributed by atoms with Crippen LogP contribution in [0.15, 0.2) is 18.2 Å². The number of hydrogen-bond acceptors (Lipinski definition) is 3. The molecule has 0 fully saturated rings. The van der Waals surface area contributed by atoms with Gasteiger partial charge in [-0.2, -0.15) is 5.26 Å². The zero-order valence-corrected chi connectivity index (χ0v) is 12.5. The highest BCUT2D eigenvalue weighted by molar-refractivity contribution is 6.17. The third kappa shape index (κ3) is 5.00. The van der Waals surface area contributed by atoms with E-state index in [1.54, 1.807) is 7.11 Å². The van der Waals surface area contributed by atoms with Crippen molar-refractivity contribution in [1.82, 2.24) is 0 Å². The fourth-order valence-corrected chi connectivity index (χ4v) is 1.84. The maximum absolute atomic E-state index is 8.94. The second-order valence-electron chi connectivity index (χ2n) is 5.07. The van der Waals surface area contributed by atoms with Gasteiger partial charge in [0.05, 0.1) is 25.2 Å². The van der Waals surface area contributed by atoms with Crippen molar-refractivity contribution >= 4 is 11.6 Å². The quantitative estimate of drug-likeness (QED) is 0.557. The monoisotopic (exact) mass is 281 g/mol. The molecule has 0 bridgehead atoms. The van der Waals surface area contributed by atoms with E-state index in [1.165, 1.54) is 0 Å². The topological polar surface area (TPSA) is 42.2 Å². The summed E-state index contributed by atoms with van der Waals surface area (Å²) in [5, 5.41) is 8.94. The first kappa shape index (κ1) is 15.7. The predicted molar refractivity (Wildman–Crippen MR) is 76.7 cm³/mol. The van der Waals surface area contributed by atoms with Gasteiger partial charge in [-0.15, -0.1) is 11.6 Å². The van der Waals surface area contributed by atoms with Gasteiger partial charge in [-0.1, -0.05) is 6.07 Å². The third-order valence-corrected chi connectivity index (χ3v) is 3.20. The van der Waals surface area contributed by atoms with Crippen LogP contribution in [0.25, 0.3) is 0 Å². The molecular formula is C15H20ClNO2. The van der Waals surface area contributed by atoms with Crippen LogP contribution in [0, 0.1) is 16.7 Å². The van der Waals surface area contributed by atoms with E-state index in [-0.39, 0.29) is 5.41 Å². The number of methoxy groups -OCH3 is 1. The highest BCUT2D eigenvalue weighted by atomic mass is 35.5. The Morgan fingerprint density at radius 1 is 1.32 bits per heavy atom. The average Bonchev–Trinajstić information content (AvgIpc) is 2.43. The summed E-state index contributed by atoms with van der Waals surface area (Å²) in [5.74, 6) is 1.85. The molecule has 0 N–H and O–H groups in total. The van der Waals surface area contributed by atoms with E-state index < -0.39 is 0 Å². The van der Waals surface area contributed by atoms with Crippen LogP contribution in [0.5, 0.6) is 11.5 Å². The van der Waals surface area contributed by atoms with Crippen LogP contribution in [-0.4, -0.2) is 13.7 Å². The first-order chi connectivity index (χ1) is 9.02. The van der Waals surface area contributed by atoms with Crippen LogP contribution in [0.1, 0.15) is 32.3 Å². The molecule has 1 rings (SSSR count). The normalized spacial score (nSPS) is 10.9. The van der Waals surface area contributed by atoms with Gasteiger partial charge in [0, 0.05) is 5.88 Å². The Bertz CT molecular complexity index is 452. The second kappa shape index (κ2) is 7.25. The molecule has 0 amide bonds. The van der Waals surface area contributed by atoms with E-state index in [9.17, 15) is 0 Å². The molecule has 1 aromatic rings. The highest BCUT2D eigenvalue weighted by Gasteiger charge is 2.16. The van der Waals surface area contributed by atoms with E-state index in [4.69, 9.17) is 26.3 Å². The molecule has 0 aliphatic carbocycles. The van der Waals surface area contributed by atoms with Crippen LogP contribution in [0.2, 0.25) is 0 Å². The molecule has 0 aliphatic rings. The van der Waals surface area contributed by atoms with Crippen molar-refractivity contribution in [2.45, 2.75) is 32.6 Å². The summed E-state index contributed by atoms with van der Waals surface area (Å²) in [6.07, 6.45) is 1.63. The zero-order valence-electron chi connectivity index (χ0n) is 11.7. The van der Waals surface area contributed by atoms with Crippen molar-refractivity contribution in [3.05, 3.63) is 23.8 Å². The summed E-state index contributed by atoms with van der Waals surface area (Å²) >= 11 is 5.80. The van der Waals surface area contributed by atoms with E-state index in [0.717, 1.165) is 18.4 Å². The fraction of sp³-hybridized carbons (Fsp3) is 0.533. The molecule has 104 valence electrons. The standard InChI is InChI=1S/C15H20ClNO2/c1-15(2,11-17)7-4-8-19-14-9-12(10-16)5-6-13(14)18-3/h5-6,9H,4,7-8,10H2,1-3H3. The number of nitriles is 1. The lowest BCUT2D eigenvalue weighted by molar-refractivity contribution is 0.269. The van der Waals surface area contributed by atoms with Gasteiger partial charge in [0.1, 0.15) is 0 Å². The molecule has 0 saturated carbocycles. The Morgan fingerprint density at radius 2 is 2.05 bits per heavy atom. The van der Waals surface area contributed by atoms with Crippen molar-refractivity contribution in [3.63, 3.8) is 0 Å². The Morgan fingerprint density at radius 3 is 2.63 bits per heavy atom. The number of benzene rings is 1. The van der Waals surface area contributed by atoms with Gasteiger partial charge in [-0.25, -0.2) is 0 Å². The molecule has 0 spiro atoms. The minimum Gasteiger partial charge on any atom is -0.493 e. The lowest BCUT2D eigenvalue weighted by Gasteiger charge is -2.16. The third-order valence-electron chi connectivity index (χ3n) is 2.89. The van der Waals surface area contributed by atoms with Gasteiger partial charge >= 0.3 is 0 Å². The molecule has 3 nitrogen and oxygen atoms in total. The van der Waals surface area contributed by atoms with Crippen molar-refractivity contribution < 1.29 is 9.47 Å². The number of alkyl halides is 1. The predicted octanol–water partition coefficient (Wildman–Crippen LogP) is 4.14. The second-order valence-corrected chi connectivity index (χ2v) is 5.33. The van der Waals surface area contributed by atoms with E-state index in [1.807, 2.05) is 32.0 Å². The van der Waals surface area contributed by atoms with Crippen LogP contribution >= 0.6 is 11.6 Å². The molecule has 0 unspecified atom stereocenters. The van der Waals surface area contributed by atoms with Crippen molar-refractivity contribution in [2.75, 3.05) is 13.7 Å². The molecule has 0 aromatic heterocycles. The zero-order chi connectivity index (χ0) is 14.3.